The fourth-order valence-corrected chi connectivity index (χ4v) is 0. The minimum absolute atomic E-state index is 0. The molecule has 0 aliphatic heterocycles. The van der Waals surface area contributed by atoms with Crippen LogP contribution in [0.1, 0.15) is 21.3 Å². The molecule has 0 nitrogen and oxygen atoms in total. The molecule has 0 saturated carbocycles. The van der Waals surface area contributed by atoms with Crippen LogP contribution in [-0.2, 0) is 0 Å². The normalized spacial score (nSPS) is 1.50. The summed E-state index contributed by atoms with van der Waals surface area (Å²) in [4.78, 5) is 0. The first kappa shape index (κ1) is 18.6. The molecule has 0 rings (SSSR count). The third-order valence-corrected chi connectivity index (χ3v) is 0. The zero-order valence-electron chi connectivity index (χ0n) is 2.33. The minimum Gasteiger partial charge on any atom is -0.0776 e. The Labute approximate surface area is 59.4 Å². The first-order valence-electron chi connectivity index (χ1n) is 1.00. The Bertz CT molecular complexity index is 3.25. The van der Waals surface area contributed by atoms with Crippen molar-refractivity contribution in [2.45, 2.75) is 21.3 Å². The van der Waals surface area contributed by atoms with Gasteiger partial charge in [0.25, 0.3) is 0 Å². The molecule has 0 aromatic rings. The SMILES string of the molecule is C.CC.[Tb]. The van der Waals surface area contributed by atoms with Crippen LogP contribution < -0.4 is 0 Å². The molecular weight excluding hydrogens is 195 g/mol. The molecule has 4 heavy (non-hydrogen) atoms. The molecule has 0 unspecified atom stereocenters. The van der Waals surface area contributed by atoms with Crippen molar-refractivity contribution in [3.8, 4) is 0 Å². The molecule has 0 bridgehead atoms. The van der Waals surface area contributed by atoms with E-state index >= 15 is 0 Å². The van der Waals surface area contributed by atoms with Gasteiger partial charge in [-0.05, 0) is 0 Å². The summed E-state index contributed by atoms with van der Waals surface area (Å²) in [5, 5.41) is 0. The third-order valence-electron chi connectivity index (χ3n) is 0. The maximum atomic E-state index is 2.00. The molecule has 0 spiro atoms. The first-order chi connectivity index (χ1) is 1.00. The predicted octanol–water partition coefficient (Wildman–Crippen LogP) is 1.66. The van der Waals surface area contributed by atoms with E-state index in [0.717, 1.165) is 0 Å². The third kappa shape index (κ3) is 10.4. The van der Waals surface area contributed by atoms with Gasteiger partial charge in [-0.2, -0.15) is 0 Å². The second-order valence-electron chi connectivity index (χ2n) is 0. The smallest absolute Gasteiger partial charge is 0 e. The average Bonchev–Trinajstić information content (AvgIpc) is 1.00. The Morgan fingerprint density at radius 1 is 1.00 bits per heavy atom. The van der Waals surface area contributed by atoms with Crippen molar-refractivity contribution >= 4 is 0 Å². The Hall–Kier alpha value is 1.29. The second kappa shape index (κ2) is 28.0. The molecule has 0 heterocycles. The van der Waals surface area contributed by atoms with Crippen molar-refractivity contribution in [2.24, 2.45) is 0 Å². The Morgan fingerprint density at radius 2 is 1.00 bits per heavy atom. The van der Waals surface area contributed by atoms with Crippen LogP contribution >= 0.6 is 0 Å². The summed E-state index contributed by atoms with van der Waals surface area (Å²) in [6.45, 7) is 4.00. The number of hydrogen-bond donors (Lipinski definition) is 0. The molecule has 0 aliphatic rings. The van der Waals surface area contributed by atoms with E-state index < -0.39 is 0 Å². The fourth-order valence-electron chi connectivity index (χ4n) is 0. The van der Waals surface area contributed by atoms with Crippen molar-refractivity contribution in [1.82, 2.24) is 0 Å². The molecule has 0 amide bonds. The molecular formula is C3H10Tb. The molecule has 0 N–H and O–H groups in total. The Kier molecular flexibility index (Phi) is 130. The van der Waals surface area contributed by atoms with Gasteiger partial charge in [-0.15, -0.1) is 0 Å². The van der Waals surface area contributed by atoms with Crippen molar-refractivity contribution in [3.05, 3.63) is 0 Å². The Balaban J connectivity index is -0.00000000500. The van der Waals surface area contributed by atoms with Crippen LogP contribution in [0.5, 0.6) is 0 Å². The topological polar surface area (TPSA) is 0 Å². The van der Waals surface area contributed by atoms with E-state index in [1.807, 2.05) is 13.8 Å². The summed E-state index contributed by atoms with van der Waals surface area (Å²) in [6.07, 6.45) is 0. The zero-order chi connectivity index (χ0) is 2.00. The van der Waals surface area contributed by atoms with Crippen molar-refractivity contribution in [1.29, 1.82) is 0 Å². The van der Waals surface area contributed by atoms with Gasteiger partial charge in [-0.3, -0.25) is 0 Å². The molecule has 31 valence electrons. The van der Waals surface area contributed by atoms with E-state index in [2.05, 4.69) is 0 Å². The van der Waals surface area contributed by atoms with Crippen molar-refractivity contribution in [3.63, 3.8) is 0 Å². The van der Waals surface area contributed by atoms with Gasteiger partial charge >= 0.3 is 0 Å². The molecule has 0 fully saturated rings. The van der Waals surface area contributed by atoms with Crippen LogP contribution in [0.4, 0.5) is 0 Å². The second-order valence-corrected chi connectivity index (χ2v) is 0. The monoisotopic (exact) mass is 205 g/mol. The van der Waals surface area contributed by atoms with Crippen LogP contribution in [0.2, 0.25) is 0 Å². The first-order valence-corrected chi connectivity index (χ1v) is 1.00. The predicted molar refractivity (Wildman–Crippen MR) is 18.1 cm³/mol. The summed E-state index contributed by atoms with van der Waals surface area (Å²) in [7, 11) is 0. The van der Waals surface area contributed by atoms with Gasteiger partial charge in [0.15, 0.2) is 0 Å². The van der Waals surface area contributed by atoms with Gasteiger partial charge in [0.05, 0.1) is 0 Å². The van der Waals surface area contributed by atoms with Crippen LogP contribution in [0, 0.1) is 38.6 Å². The van der Waals surface area contributed by atoms with Crippen LogP contribution in [0.25, 0.3) is 0 Å². The molecule has 0 aromatic heterocycles. The van der Waals surface area contributed by atoms with Gasteiger partial charge in [0.2, 0.25) is 0 Å². The molecule has 0 aliphatic carbocycles. The summed E-state index contributed by atoms with van der Waals surface area (Å²) < 4.78 is 0. The number of hydrogen-bond acceptors (Lipinski definition) is 0. The maximum Gasteiger partial charge on any atom is 0 e. The zero-order valence-corrected chi connectivity index (χ0v) is 4.47. The standard InChI is InChI=1S/C2H6.CH4.Tb/c1-2;;/h1-2H3;1H4;. The van der Waals surface area contributed by atoms with Gasteiger partial charge in [0, 0.05) is 38.6 Å². The maximum absolute atomic E-state index is 2.00. The van der Waals surface area contributed by atoms with Crippen LogP contribution in [0.3, 0.4) is 0 Å². The van der Waals surface area contributed by atoms with E-state index in [0.29, 0.717) is 0 Å². The van der Waals surface area contributed by atoms with Gasteiger partial charge in [-0.25, -0.2) is 0 Å². The molecule has 0 saturated heterocycles. The summed E-state index contributed by atoms with van der Waals surface area (Å²) in [5.41, 5.74) is 0. The van der Waals surface area contributed by atoms with Gasteiger partial charge in [-0.1, -0.05) is 21.3 Å². The van der Waals surface area contributed by atoms with E-state index in [1.165, 1.54) is 0 Å². The summed E-state index contributed by atoms with van der Waals surface area (Å²) >= 11 is 0. The van der Waals surface area contributed by atoms with Crippen molar-refractivity contribution in [2.75, 3.05) is 0 Å². The van der Waals surface area contributed by atoms with E-state index in [9.17, 15) is 0 Å². The van der Waals surface area contributed by atoms with Gasteiger partial charge in [0.1, 0.15) is 0 Å². The van der Waals surface area contributed by atoms with E-state index in [4.69, 9.17) is 0 Å². The fraction of sp³-hybridized carbons (Fsp3) is 1.00. The largest absolute Gasteiger partial charge is 0.0776 e. The summed E-state index contributed by atoms with van der Waals surface area (Å²) in [5.74, 6) is 0. The van der Waals surface area contributed by atoms with Gasteiger partial charge < -0.3 is 0 Å². The van der Waals surface area contributed by atoms with Crippen LogP contribution in [-0.4, -0.2) is 0 Å². The molecule has 1 heteroatoms. The van der Waals surface area contributed by atoms with Crippen molar-refractivity contribution < 1.29 is 38.6 Å². The number of rotatable bonds is 0. The quantitative estimate of drug-likeness (QED) is 0.564. The van der Waals surface area contributed by atoms with E-state index in [1.54, 1.807) is 0 Å². The van der Waals surface area contributed by atoms with Crippen LogP contribution in [0.15, 0.2) is 0 Å². The van der Waals surface area contributed by atoms with E-state index in [-0.39, 0.29) is 46.0 Å². The minimum atomic E-state index is 0. The Morgan fingerprint density at radius 3 is 1.00 bits per heavy atom. The average molecular weight is 205 g/mol. The molecule has 1 radical (unpaired) electrons. The summed E-state index contributed by atoms with van der Waals surface area (Å²) in [6, 6.07) is 0. The molecule has 0 aromatic carbocycles. The molecule has 0 atom stereocenters.